The summed E-state index contributed by atoms with van der Waals surface area (Å²) < 4.78 is 30.7. The molecule has 84 valence electrons. The summed E-state index contributed by atoms with van der Waals surface area (Å²) in [5.74, 6) is 0. The third-order valence-corrected chi connectivity index (χ3v) is 4.21. The molecule has 6 heteroatoms. The molecular formula is C8H17NO4S. The zero-order valence-electron chi connectivity index (χ0n) is 8.27. The summed E-state index contributed by atoms with van der Waals surface area (Å²) in [5.41, 5.74) is 0. The van der Waals surface area contributed by atoms with Crippen molar-refractivity contribution in [2.24, 2.45) is 0 Å². The molecule has 5 nitrogen and oxygen atoms in total. The van der Waals surface area contributed by atoms with Gasteiger partial charge in [0, 0.05) is 19.3 Å². The van der Waals surface area contributed by atoms with Gasteiger partial charge in [0.1, 0.15) is 0 Å². The van der Waals surface area contributed by atoms with Crippen molar-refractivity contribution in [3.63, 3.8) is 0 Å². The summed E-state index contributed by atoms with van der Waals surface area (Å²) in [7, 11) is -3.37. The molecule has 0 saturated carbocycles. The highest BCUT2D eigenvalue weighted by Gasteiger charge is 2.24. The lowest BCUT2D eigenvalue weighted by Crippen LogP contribution is -2.43. The van der Waals surface area contributed by atoms with Crippen LogP contribution in [-0.4, -0.2) is 44.6 Å². The van der Waals surface area contributed by atoms with Gasteiger partial charge in [-0.25, -0.2) is 13.1 Å². The minimum absolute atomic E-state index is 0.0391. The zero-order valence-corrected chi connectivity index (χ0v) is 9.09. The van der Waals surface area contributed by atoms with E-state index in [2.05, 4.69) is 4.72 Å². The van der Waals surface area contributed by atoms with Gasteiger partial charge in [-0.3, -0.25) is 0 Å². The summed E-state index contributed by atoms with van der Waals surface area (Å²) in [6.45, 7) is 2.33. The molecule has 1 aliphatic rings. The first-order valence-electron chi connectivity index (χ1n) is 4.76. The van der Waals surface area contributed by atoms with Crippen LogP contribution in [0.25, 0.3) is 0 Å². The third-order valence-electron chi connectivity index (χ3n) is 2.34. The first-order valence-corrected chi connectivity index (χ1v) is 6.30. The van der Waals surface area contributed by atoms with Crippen LogP contribution >= 0.6 is 0 Å². The molecule has 1 heterocycles. The summed E-state index contributed by atoms with van der Waals surface area (Å²) in [6.07, 6.45) is 1.41. The van der Waals surface area contributed by atoms with E-state index in [4.69, 9.17) is 9.84 Å². The summed E-state index contributed by atoms with van der Waals surface area (Å²) in [4.78, 5) is 0. The van der Waals surface area contributed by atoms with E-state index in [9.17, 15) is 8.42 Å². The molecule has 0 aromatic rings. The van der Waals surface area contributed by atoms with Crippen LogP contribution in [-0.2, 0) is 14.8 Å². The molecule has 0 aromatic carbocycles. The average Bonchev–Trinajstić information content (AvgIpc) is 2.17. The molecule has 0 aromatic heterocycles. The predicted molar refractivity (Wildman–Crippen MR) is 52.4 cm³/mol. The Balaban J connectivity index is 2.49. The normalized spacial score (nSPS) is 22.1. The number of ether oxygens (including phenoxy) is 1. The molecule has 0 spiro atoms. The Labute approximate surface area is 84.5 Å². The van der Waals surface area contributed by atoms with Crippen LogP contribution < -0.4 is 4.72 Å². The first-order chi connectivity index (χ1) is 6.56. The van der Waals surface area contributed by atoms with Gasteiger partial charge in [0.15, 0.2) is 0 Å². The fraction of sp³-hybridized carbons (Fsp3) is 1.00. The second-order valence-corrected chi connectivity index (χ2v) is 5.67. The van der Waals surface area contributed by atoms with Crippen molar-refractivity contribution < 1.29 is 18.3 Å². The fourth-order valence-electron chi connectivity index (χ4n) is 1.26. The second-order valence-electron chi connectivity index (χ2n) is 3.54. The van der Waals surface area contributed by atoms with Crippen molar-refractivity contribution in [2.75, 3.05) is 19.8 Å². The number of hydrogen-bond donors (Lipinski definition) is 2. The first kappa shape index (κ1) is 11.9. The Bertz CT molecular complexity index is 259. The minimum Gasteiger partial charge on any atom is -0.395 e. The Morgan fingerprint density at radius 2 is 2.07 bits per heavy atom. The molecule has 1 saturated heterocycles. The second kappa shape index (κ2) is 5.06. The molecule has 1 aliphatic heterocycles. The maximum atomic E-state index is 11.5. The number of aliphatic hydroxyl groups is 1. The SMILES string of the molecule is CC(CO)S(=O)(=O)NC1CCOCC1. The van der Waals surface area contributed by atoms with Crippen LogP contribution in [0, 0.1) is 0 Å². The highest BCUT2D eigenvalue weighted by atomic mass is 32.2. The highest BCUT2D eigenvalue weighted by Crippen LogP contribution is 2.09. The van der Waals surface area contributed by atoms with E-state index >= 15 is 0 Å². The predicted octanol–water partition coefficient (Wildman–Crippen LogP) is -0.534. The van der Waals surface area contributed by atoms with Crippen LogP contribution in [0.2, 0.25) is 0 Å². The zero-order chi connectivity index (χ0) is 10.6. The van der Waals surface area contributed by atoms with Gasteiger partial charge in [0.25, 0.3) is 0 Å². The number of hydrogen-bond acceptors (Lipinski definition) is 4. The van der Waals surface area contributed by atoms with Crippen LogP contribution in [0.15, 0.2) is 0 Å². The van der Waals surface area contributed by atoms with Gasteiger partial charge < -0.3 is 9.84 Å². The van der Waals surface area contributed by atoms with Gasteiger partial charge in [-0.05, 0) is 19.8 Å². The summed E-state index contributed by atoms with van der Waals surface area (Å²) in [6, 6.07) is -0.0391. The molecule has 1 unspecified atom stereocenters. The van der Waals surface area contributed by atoms with E-state index in [0.29, 0.717) is 26.1 Å². The number of nitrogens with one attached hydrogen (secondary N) is 1. The van der Waals surface area contributed by atoms with Gasteiger partial charge in [-0.2, -0.15) is 0 Å². The summed E-state index contributed by atoms with van der Waals surface area (Å²) in [5, 5.41) is 8.01. The summed E-state index contributed by atoms with van der Waals surface area (Å²) >= 11 is 0. The lowest BCUT2D eigenvalue weighted by molar-refractivity contribution is 0.0831. The van der Waals surface area contributed by atoms with Crippen molar-refractivity contribution in [3.8, 4) is 0 Å². The number of sulfonamides is 1. The van der Waals surface area contributed by atoms with Crippen LogP contribution in [0.1, 0.15) is 19.8 Å². The Hall–Kier alpha value is -0.170. The van der Waals surface area contributed by atoms with Crippen LogP contribution in [0.4, 0.5) is 0 Å². The molecule has 1 rings (SSSR count). The Morgan fingerprint density at radius 3 is 2.57 bits per heavy atom. The quantitative estimate of drug-likeness (QED) is 0.671. The van der Waals surface area contributed by atoms with Crippen molar-refractivity contribution in [3.05, 3.63) is 0 Å². The highest BCUT2D eigenvalue weighted by molar-refractivity contribution is 7.90. The van der Waals surface area contributed by atoms with E-state index in [1.54, 1.807) is 0 Å². The molecule has 0 aliphatic carbocycles. The number of rotatable bonds is 4. The molecule has 0 radical (unpaired) electrons. The number of aliphatic hydroxyl groups excluding tert-OH is 1. The maximum Gasteiger partial charge on any atom is 0.216 e. The van der Waals surface area contributed by atoms with Gasteiger partial charge in [-0.15, -0.1) is 0 Å². The fourth-order valence-corrected chi connectivity index (χ4v) is 2.39. The standard InChI is InChI=1S/C8H17NO4S/c1-7(6-10)14(11,12)9-8-2-4-13-5-3-8/h7-10H,2-6H2,1H3. The van der Waals surface area contributed by atoms with E-state index in [0.717, 1.165) is 0 Å². The molecule has 1 fully saturated rings. The topological polar surface area (TPSA) is 75.6 Å². The molecule has 0 bridgehead atoms. The smallest absolute Gasteiger partial charge is 0.216 e. The van der Waals surface area contributed by atoms with Crippen LogP contribution in [0.3, 0.4) is 0 Å². The Morgan fingerprint density at radius 1 is 1.50 bits per heavy atom. The largest absolute Gasteiger partial charge is 0.395 e. The van der Waals surface area contributed by atoms with Gasteiger partial charge in [0.05, 0.1) is 11.9 Å². The van der Waals surface area contributed by atoms with Gasteiger partial charge in [0.2, 0.25) is 10.0 Å². The van der Waals surface area contributed by atoms with Gasteiger partial charge in [-0.1, -0.05) is 0 Å². The maximum absolute atomic E-state index is 11.5. The van der Waals surface area contributed by atoms with Crippen LogP contribution in [0.5, 0.6) is 0 Å². The van der Waals surface area contributed by atoms with E-state index in [1.807, 2.05) is 0 Å². The molecular weight excluding hydrogens is 206 g/mol. The molecule has 14 heavy (non-hydrogen) atoms. The van der Waals surface area contributed by atoms with Crippen molar-refractivity contribution in [2.45, 2.75) is 31.1 Å². The van der Waals surface area contributed by atoms with Gasteiger partial charge >= 0.3 is 0 Å². The minimum atomic E-state index is -3.37. The lowest BCUT2D eigenvalue weighted by Gasteiger charge is -2.24. The Kier molecular flexibility index (Phi) is 4.31. The van der Waals surface area contributed by atoms with Crippen molar-refractivity contribution in [1.82, 2.24) is 4.72 Å². The van der Waals surface area contributed by atoms with Crippen molar-refractivity contribution >= 4 is 10.0 Å². The molecule has 2 N–H and O–H groups in total. The van der Waals surface area contributed by atoms with E-state index in [1.165, 1.54) is 6.92 Å². The van der Waals surface area contributed by atoms with E-state index < -0.39 is 15.3 Å². The third kappa shape index (κ3) is 3.20. The molecule has 0 amide bonds. The monoisotopic (exact) mass is 223 g/mol. The van der Waals surface area contributed by atoms with Crippen molar-refractivity contribution in [1.29, 1.82) is 0 Å². The molecule has 1 atom stereocenters. The lowest BCUT2D eigenvalue weighted by atomic mass is 10.1. The average molecular weight is 223 g/mol. The van der Waals surface area contributed by atoms with E-state index in [-0.39, 0.29) is 12.6 Å².